The number of halogens is 1. The van der Waals surface area contributed by atoms with Gasteiger partial charge in [-0.25, -0.2) is 9.37 Å². The molecule has 1 aromatic heterocycles. The molecule has 0 bridgehead atoms. The van der Waals surface area contributed by atoms with Gasteiger partial charge < -0.3 is 15.5 Å². The van der Waals surface area contributed by atoms with Crippen molar-refractivity contribution in [3.05, 3.63) is 77.6 Å². The Morgan fingerprint density at radius 3 is 2.38 bits per heavy atom. The highest BCUT2D eigenvalue weighted by Crippen LogP contribution is 2.24. The monoisotopic (exact) mass is 395 g/mol. The molecule has 0 fully saturated rings. The molecule has 0 spiro atoms. The third-order valence-electron chi connectivity index (χ3n) is 4.21. The molecular weight excluding hydrogens is 377 g/mol. The smallest absolute Gasteiger partial charge is 0.290 e. The number of nitrogens with two attached hydrogens (primary N) is 1. The molecule has 3 aromatic rings. The number of Topliss-reactive ketones (excluding diaryl/α,β-unsaturated/α-hetero) is 1. The molecule has 0 saturated heterocycles. The molecule has 2 amide bonds. The van der Waals surface area contributed by atoms with Gasteiger partial charge in [0.15, 0.2) is 5.89 Å². The number of hydrogen-bond acceptors (Lipinski definition) is 5. The first-order valence-corrected chi connectivity index (χ1v) is 8.77. The summed E-state index contributed by atoms with van der Waals surface area (Å²) < 4.78 is 18.6. The minimum atomic E-state index is -1.24. The number of aromatic nitrogens is 1. The lowest BCUT2D eigenvalue weighted by Gasteiger charge is -2.16. The van der Waals surface area contributed by atoms with Gasteiger partial charge in [-0.15, -0.1) is 0 Å². The first-order chi connectivity index (χ1) is 13.8. The van der Waals surface area contributed by atoms with Crippen LogP contribution in [0.15, 0.2) is 59.0 Å². The summed E-state index contributed by atoms with van der Waals surface area (Å²) in [7, 11) is 0. The number of benzene rings is 2. The summed E-state index contributed by atoms with van der Waals surface area (Å²) in [5.74, 6) is -3.14. The van der Waals surface area contributed by atoms with E-state index in [9.17, 15) is 18.8 Å². The molecule has 0 saturated carbocycles. The second kappa shape index (κ2) is 8.47. The number of nitrogens with zero attached hydrogens (tertiary/aromatic N) is 1. The van der Waals surface area contributed by atoms with Gasteiger partial charge >= 0.3 is 0 Å². The quantitative estimate of drug-likeness (QED) is 0.595. The summed E-state index contributed by atoms with van der Waals surface area (Å²) >= 11 is 0. The van der Waals surface area contributed by atoms with Crippen molar-refractivity contribution in [1.82, 2.24) is 10.3 Å². The van der Waals surface area contributed by atoms with Crippen LogP contribution in [0.2, 0.25) is 0 Å². The summed E-state index contributed by atoms with van der Waals surface area (Å²) in [5.41, 5.74) is 6.63. The highest BCUT2D eigenvalue weighted by atomic mass is 19.1. The van der Waals surface area contributed by atoms with E-state index < -0.39 is 29.5 Å². The largest absolute Gasteiger partial charge is 0.435 e. The highest BCUT2D eigenvalue weighted by molar-refractivity contribution is 6.38. The van der Waals surface area contributed by atoms with Crippen LogP contribution in [0.25, 0.3) is 11.3 Å². The standard InChI is InChI=1S/C21H18FN3O4/c1-12-24-17(14-5-3-2-4-6-14)19(29-12)21(28)25-16(18(26)20(23)27)11-13-7-9-15(22)10-8-13/h2-10,16H,11H2,1H3,(H2,23,27)(H,25,28)/t16-/m0/s1. The molecule has 0 radical (unpaired) electrons. The van der Waals surface area contributed by atoms with Gasteiger partial charge in [0, 0.05) is 18.9 Å². The van der Waals surface area contributed by atoms with Gasteiger partial charge in [0.05, 0.1) is 0 Å². The van der Waals surface area contributed by atoms with E-state index in [1.54, 1.807) is 31.2 Å². The van der Waals surface area contributed by atoms with Crippen LogP contribution in [0, 0.1) is 12.7 Å². The summed E-state index contributed by atoms with van der Waals surface area (Å²) in [6, 6.07) is 13.0. The van der Waals surface area contributed by atoms with Crippen LogP contribution < -0.4 is 11.1 Å². The predicted octanol–water partition coefficient (Wildman–Crippen LogP) is 2.18. The number of rotatable bonds is 7. The fourth-order valence-corrected chi connectivity index (χ4v) is 2.83. The predicted molar refractivity (Wildman–Crippen MR) is 102 cm³/mol. The van der Waals surface area contributed by atoms with Crippen molar-refractivity contribution < 1.29 is 23.2 Å². The molecule has 1 heterocycles. The molecule has 0 aliphatic rings. The van der Waals surface area contributed by atoms with Gasteiger partial charge in [0.25, 0.3) is 11.8 Å². The Hall–Kier alpha value is -3.81. The zero-order chi connectivity index (χ0) is 21.0. The van der Waals surface area contributed by atoms with E-state index >= 15 is 0 Å². The van der Waals surface area contributed by atoms with Crippen molar-refractivity contribution in [2.24, 2.45) is 5.73 Å². The van der Waals surface area contributed by atoms with E-state index in [-0.39, 0.29) is 18.1 Å². The number of aryl methyl sites for hydroxylation is 1. The Morgan fingerprint density at radius 1 is 1.10 bits per heavy atom. The molecule has 148 valence electrons. The van der Waals surface area contributed by atoms with Gasteiger partial charge in [0.1, 0.15) is 17.6 Å². The van der Waals surface area contributed by atoms with E-state index in [4.69, 9.17) is 10.2 Å². The number of ketones is 1. The van der Waals surface area contributed by atoms with Crippen molar-refractivity contribution in [1.29, 1.82) is 0 Å². The normalized spacial score (nSPS) is 11.7. The van der Waals surface area contributed by atoms with E-state index in [0.717, 1.165) is 0 Å². The fraction of sp³-hybridized carbons (Fsp3) is 0.143. The summed E-state index contributed by atoms with van der Waals surface area (Å²) in [6.45, 7) is 1.59. The third kappa shape index (κ3) is 4.73. The van der Waals surface area contributed by atoms with Crippen molar-refractivity contribution in [2.75, 3.05) is 0 Å². The van der Waals surface area contributed by atoms with E-state index in [1.165, 1.54) is 24.3 Å². The number of nitrogens with one attached hydrogen (secondary N) is 1. The van der Waals surface area contributed by atoms with Crippen LogP contribution in [0.5, 0.6) is 0 Å². The van der Waals surface area contributed by atoms with Gasteiger partial charge in [0.2, 0.25) is 11.5 Å². The number of primary amides is 1. The summed E-state index contributed by atoms with van der Waals surface area (Å²) in [4.78, 5) is 40.7. The Kier molecular flexibility index (Phi) is 5.82. The highest BCUT2D eigenvalue weighted by Gasteiger charge is 2.29. The zero-order valence-corrected chi connectivity index (χ0v) is 15.5. The summed E-state index contributed by atoms with van der Waals surface area (Å²) in [6.07, 6.45) is -0.0401. The Morgan fingerprint density at radius 2 is 1.76 bits per heavy atom. The molecule has 0 unspecified atom stereocenters. The molecule has 29 heavy (non-hydrogen) atoms. The number of amides is 2. The lowest BCUT2D eigenvalue weighted by Crippen LogP contribution is -2.47. The van der Waals surface area contributed by atoms with Crippen molar-refractivity contribution in [2.45, 2.75) is 19.4 Å². The van der Waals surface area contributed by atoms with Crippen LogP contribution in [-0.4, -0.2) is 28.6 Å². The fourth-order valence-electron chi connectivity index (χ4n) is 2.83. The Balaban J connectivity index is 1.88. The van der Waals surface area contributed by atoms with Crippen LogP contribution in [0.1, 0.15) is 22.0 Å². The number of hydrogen-bond donors (Lipinski definition) is 2. The number of carbonyl (C=O) groups is 3. The van der Waals surface area contributed by atoms with Crippen molar-refractivity contribution >= 4 is 17.6 Å². The topological polar surface area (TPSA) is 115 Å². The van der Waals surface area contributed by atoms with Crippen LogP contribution >= 0.6 is 0 Å². The third-order valence-corrected chi connectivity index (χ3v) is 4.21. The number of carbonyl (C=O) groups excluding carboxylic acids is 3. The molecule has 0 aliphatic heterocycles. The molecule has 1 atom stereocenters. The summed E-state index contributed by atoms with van der Waals surface area (Å²) in [5, 5.41) is 2.48. The van der Waals surface area contributed by atoms with E-state index in [1.807, 2.05) is 6.07 Å². The van der Waals surface area contributed by atoms with Gasteiger partial charge in [-0.05, 0) is 17.7 Å². The first-order valence-electron chi connectivity index (χ1n) is 8.77. The van der Waals surface area contributed by atoms with Crippen molar-refractivity contribution in [3.8, 4) is 11.3 Å². The second-order valence-electron chi connectivity index (χ2n) is 6.36. The Labute approximate surface area is 165 Å². The average molecular weight is 395 g/mol. The lowest BCUT2D eigenvalue weighted by atomic mass is 10.0. The van der Waals surface area contributed by atoms with E-state index in [0.29, 0.717) is 16.8 Å². The molecule has 2 aromatic carbocycles. The van der Waals surface area contributed by atoms with Crippen LogP contribution in [-0.2, 0) is 16.0 Å². The van der Waals surface area contributed by atoms with Crippen molar-refractivity contribution in [3.63, 3.8) is 0 Å². The molecule has 3 rings (SSSR count). The van der Waals surface area contributed by atoms with E-state index in [2.05, 4.69) is 10.3 Å². The minimum Gasteiger partial charge on any atom is -0.435 e. The minimum absolute atomic E-state index is 0.0401. The molecular formula is C21H18FN3O4. The lowest BCUT2D eigenvalue weighted by molar-refractivity contribution is -0.137. The van der Waals surface area contributed by atoms with Gasteiger partial charge in [-0.2, -0.15) is 0 Å². The Bertz CT molecular complexity index is 1050. The zero-order valence-electron chi connectivity index (χ0n) is 15.5. The first kappa shape index (κ1) is 19.9. The maximum Gasteiger partial charge on any atom is 0.290 e. The number of oxazole rings is 1. The SMILES string of the molecule is Cc1nc(-c2ccccc2)c(C(=O)N[C@@H](Cc2ccc(F)cc2)C(=O)C(N)=O)o1. The maximum atomic E-state index is 13.1. The molecule has 3 N–H and O–H groups in total. The van der Waals surface area contributed by atoms with Gasteiger partial charge in [-0.1, -0.05) is 42.5 Å². The maximum absolute atomic E-state index is 13.1. The molecule has 8 heteroatoms. The van der Waals surface area contributed by atoms with Crippen LogP contribution in [0.3, 0.4) is 0 Å². The van der Waals surface area contributed by atoms with Gasteiger partial charge in [-0.3, -0.25) is 14.4 Å². The second-order valence-corrected chi connectivity index (χ2v) is 6.36. The molecule has 0 aliphatic carbocycles. The van der Waals surface area contributed by atoms with Crippen LogP contribution in [0.4, 0.5) is 4.39 Å². The average Bonchev–Trinajstić information content (AvgIpc) is 3.11. The molecule has 7 nitrogen and oxygen atoms in total.